The first-order valence-electron chi connectivity index (χ1n) is 7.70. The fourth-order valence-electron chi connectivity index (χ4n) is 5.26. The van der Waals surface area contributed by atoms with Crippen LogP contribution >= 0.6 is 0 Å². The molecule has 1 N–H and O–H groups in total. The molecular formula is C15H26N2. The predicted octanol–water partition coefficient (Wildman–Crippen LogP) is 2.10. The molecule has 2 nitrogen and oxygen atoms in total. The second kappa shape index (κ2) is 3.71. The zero-order chi connectivity index (χ0) is 11.6. The van der Waals surface area contributed by atoms with Gasteiger partial charge in [-0.25, -0.2) is 0 Å². The third-order valence-corrected chi connectivity index (χ3v) is 6.37. The average Bonchev–Trinajstić information content (AvgIpc) is 2.73. The van der Waals surface area contributed by atoms with E-state index in [4.69, 9.17) is 0 Å². The van der Waals surface area contributed by atoms with Crippen LogP contribution in [-0.2, 0) is 0 Å². The third kappa shape index (κ3) is 1.60. The lowest BCUT2D eigenvalue weighted by Gasteiger charge is -2.36. The molecule has 0 aromatic heterocycles. The summed E-state index contributed by atoms with van der Waals surface area (Å²) in [5.41, 5.74) is 0. The van der Waals surface area contributed by atoms with E-state index in [-0.39, 0.29) is 0 Å². The molecule has 0 amide bonds. The van der Waals surface area contributed by atoms with E-state index in [2.05, 4.69) is 24.2 Å². The van der Waals surface area contributed by atoms with Crippen molar-refractivity contribution in [1.82, 2.24) is 10.2 Å². The summed E-state index contributed by atoms with van der Waals surface area (Å²) in [6, 6.07) is 2.52. The van der Waals surface area contributed by atoms with Crippen LogP contribution < -0.4 is 5.32 Å². The van der Waals surface area contributed by atoms with E-state index in [1.54, 1.807) is 19.3 Å². The Balaban J connectivity index is 1.35. The second-order valence-corrected chi connectivity index (χ2v) is 7.23. The standard InChI is InChI=1S/C15H26N2/c1-9-7-12(5-6-17(9)2)16-15-13-10-3-4-11(8-10)14(13)15/h9-16H,3-8H2,1-2H3. The minimum absolute atomic E-state index is 0.775. The summed E-state index contributed by atoms with van der Waals surface area (Å²) in [5, 5.41) is 4.02. The van der Waals surface area contributed by atoms with Gasteiger partial charge in [-0.1, -0.05) is 0 Å². The highest BCUT2D eigenvalue weighted by molar-refractivity contribution is 5.17. The maximum Gasteiger partial charge on any atom is 0.0138 e. The van der Waals surface area contributed by atoms with Crippen LogP contribution in [0.25, 0.3) is 0 Å². The van der Waals surface area contributed by atoms with Gasteiger partial charge in [-0.3, -0.25) is 0 Å². The van der Waals surface area contributed by atoms with Crippen molar-refractivity contribution >= 4 is 0 Å². The zero-order valence-electron chi connectivity index (χ0n) is 11.2. The Kier molecular flexibility index (Phi) is 2.36. The number of likely N-dealkylation sites (tertiary alicyclic amines) is 1. The molecule has 6 unspecified atom stereocenters. The lowest BCUT2D eigenvalue weighted by atomic mass is 9.98. The molecule has 0 spiro atoms. The van der Waals surface area contributed by atoms with Gasteiger partial charge in [0.2, 0.25) is 0 Å². The quantitative estimate of drug-likeness (QED) is 0.787. The molecule has 96 valence electrons. The van der Waals surface area contributed by atoms with Gasteiger partial charge in [0, 0.05) is 18.1 Å². The molecule has 3 aliphatic carbocycles. The smallest absolute Gasteiger partial charge is 0.0138 e. The Labute approximate surface area is 105 Å². The van der Waals surface area contributed by atoms with Crippen molar-refractivity contribution in [2.75, 3.05) is 13.6 Å². The first kappa shape index (κ1) is 10.8. The van der Waals surface area contributed by atoms with Gasteiger partial charge in [-0.15, -0.1) is 0 Å². The number of hydrogen-bond acceptors (Lipinski definition) is 2. The number of rotatable bonds is 2. The van der Waals surface area contributed by atoms with E-state index in [0.717, 1.165) is 41.8 Å². The minimum Gasteiger partial charge on any atom is -0.311 e. The fourth-order valence-corrected chi connectivity index (χ4v) is 5.26. The summed E-state index contributed by atoms with van der Waals surface area (Å²) in [6.45, 7) is 3.67. The van der Waals surface area contributed by atoms with Crippen LogP contribution in [0, 0.1) is 23.7 Å². The summed E-state index contributed by atoms with van der Waals surface area (Å²) in [7, 11) is 2.27. The number of nitrogens with one attached hydrogen (secondary N) is 1. The van der Waals surface area contributed by atoms with E-state index in [1.807, 2.05) is 0 Å². The van der Waals surface area contributed by atoms with Gasteiger partial charge in [0.1, 0.15) is 0 Å². The van der Waals surface area contributed by atoms with Crippen LogP contribution in [0.15, 0.2) is 0 Å². The van der Waals surface area contributed by atoms with E-state index >= 15 is 0 Å². The number of fused-ring (bicyclic) bond motifs is 5. The van der Waals surface area contributed by atoms with Gasteiger partial charge < -0.3 is 10.2 Å². The molecule has 0 radical (unpaired) electrons. The monoisotopic (exact) mass is 234 g/mol. The highest BCUT2D eigenvalue weighted by atomic mass is 15.2. The molecule has 1 saturated heterocycles. The van der Waals surface area contributed by atoms with Crippen LogP contribution in [0.2, 0.25) is 0 Å². The van der Waals surface area contributed by atoms with Crippen LogP contribution in [0.4, 0.5) is 0 Å². The molecule has 4 aliphatic rings. The van der Waals surface area contributed by atoms with Crippen molar-refractivity contribution in [3.8, 4) is 0 Å². The molecule has 2 heteroatoms. The molecule has 1 heterocycles. The molecule has 0 aromatic rings. The normalized spacial score (nSPS) is 57.2. The van der Waals surface area contributed by atoms with E-state index in [9.17, 15) is 0 Å². The molecule has 4 rings (SSSR count). The molecule has 6 atom stereocenters. The predicted molar refractivity (Wildman–Crippen MR) is 69.8 cm³/mol. The lowest BCUT2D eigenvalue weighted by Crippen LogP contribution is -2.47. The van der Waals surface area contributed by atoms with E-state index in [0.29, 0.717) is 0 Å². The first-order chi connectivity index (χ1) is 8.24. The van der Waals surface area contributed by atoms with Gasteiger partial charge in [0.25, 0.3) is 0 Å². The number of hydrogen-bond donors (Lipinski definition) is 1. The molecule has 4 fully saturated rings. The number of nitrogens with zero attached hydrogens (tertiary/aromatic N) is 1. The summed E-state index contributed by atoms with van der Waals surface area (Å²) in [4.78, 5) is 2.51. The minimum atomic E-state index is 0.775. The van der Waals surface area contributed by atoms with Crippen molar-refractivity contribution in [3.05, 3.63) is 0 Å². The summed E-state index contributed by atoms with van der Waals surface area (Å²) in [6.07, 6.45) is 7.41. The average molecular weight is 234 g/mol. The maximum absolute atomic E-state index is 4.02. The van der Waals surface area contributed by atoms with E-state index < -0.39 is 0 Å². The van der Waals surface area contributed by atoms with Crippen molar-refractivity contribution in [2.45, 2.75) is 57.2 Å². The third-order valence-electron chi connectivity index (χ3n) is 6.37. The molecule has 2 bridgehead atoms. The van der Waals surface area contributed by atoms with Crippen LogP contribution in [0.5, 0.6) is 0 Å². The zero-order valence-corrected chi connectivity index (χ0v) is 11.2. The Hall–Kier alpha value is -0.0800. The van der Waals surface area contributed by atoms with Crippen LogP contribution in [0.3, 0.4) is 0 Å². The van der Waals surface area contributed by atoms with Gasteiger partial charge >= 0.3 is 0 Å². The Morgan fingerprint density at radius 2 is 1.71 bits per heavy atom. The summed E-state index contributed by atoms with van der Waals surface area (Å²) >= 11 is 0. The highest BCUT2D eigenvalue weighted by Gasteiger charge is 2.65. The fraction of sp³-hybridized carbons (Fsp3) is 1.00. The molecule has 3 saturated carbocycles. The Morgan fingerprint density at radius 1 is 1.00 bits per heavy atom. The molecule has 17 heavy (non-hydrogen) atoms. The van der Waals surface area contributed by atoms with Crippen molar-refractivity contribution in [2.24, 2.45) is 23.7 Å². The largest absolute Gasteiger partial charge is 0.311 e. The maximum atomic E-state index is 4.02. The van der Waals surface area contributed by atoms with Crippen molar-refractivity contribution in [1.29, 1.82) is 0 Å². The van der Waals surface area contributed by atoms with Crippen molar-refractivity contribution < 1.29 is 0 Å². The summed E-state index contributed by atoms with van der Waals surface area (Å²) in [5.74, 6) is 4.43. The van der Waals surface area contributed by atoms with Gasteiger partial charge in [0.15, 0.2) is 0 Å². The topological polar surface area (TPSA) is 15.3 Å². The first-order valence-corrected chi connectivity index (χ1v) is 7.70. The van der Waals surface area contributed by atoms with Gasteiger partial charge in [-0.05, 0) is 76.3 Å². The number of piperidine rings is 1. The van der Waals surface area contributed by atoms with Gasteiger partial charge in [-0.2, -0.15) is 0 Å². The lowest BCUT2D eigenvalue weighted by molar-refractivity contribution is 0.165. The Bertz CT molecular complexity index is 300. The molecular weight excluding hydrogens is 208 g/mol. The van der Waals surface area contributed by atoms with Crippen molar-refractivity contribution in [3.63, 3.8) is 0 Å². The summed E-state index contributed by atoms with van der Waals surface area (Å²) < 4.78 is 0. The van der Waals surface area contributed by atoms with E-state index in [1.165, 1.54) is 19.4 Å². The molecule has 1 aliphatic heterocycles. The van der Waals surface area contributed by atoms with Crippen LogP contribution in [0.1, 0.15) is 39.0 Å². The highest BCUT2D eigenvalue weighted by Crippen LogP contribution is 2.65. The second-order valence-electron chi connectivity index (χ2n) is 7.23. The molecule has 0 aromatic carbocycles. The van der Waals surface area contributed by atoms with Gasteiger partial charge in [0.05, 0.1) is 0 Å². The SMILES string of the molecule is CC1CC(NC2C3C4CCC(C4)C23)CCN1C. The Morgan fingerprint density at radius 3 is 2.35 bits per heavy atom. The van der Waals surface area contributed by atoms with Crippen LogP contribution in [-0.4, -0.2) is 36.6 Å².